The second-order valence-electron chi connectivity index (χ2n) is 10.2. The molecule has 0 radical (unpaired) electrons. The van der Waals surface area contributed by atoms with Crippen molar-refractivity contribution >= 4 is 31.0 Å². The lowest BCUT2D eigenvalue weighted by Crippen LogP contribution is -2.18. The molecule has 0 unspecified atom stereocenters. The Morgan fingerprint density at radius 2 is 1.44 bits per heavy atom. The van der Waals surface area contributed by atoms with Crippen LogP contribution in [0.2, 0.25) is 0 Å². The number of benzene rings is 3. The van der Waals surface area contributed by atoms with Crippen molar-refractivity contribution in [1.82, 2.24) is 0 Å². The molecule has 1 aliphatic carbocycles. The van der Waals surface area contributed by atoms with E-state index in [1.807, 2.05) is 58.0 Å². The first-order valence-electron chi connectivity index (χ1n) is 12.5. The van der Waals surface area contributed by atoms with E-state index >= 15 is 0 Å². The van der Waals surface area contributed by atoms with Gasteiger partial charge in [0.05, 0.1) is 4.90 Å². The molecule has 0 spiro atoms. The first-order chi connectivity index (χ1) is 16.9. The third-order valence-corrected chi connectivity index (χ3v) is 9.21. The van der Waals surface area contributed by atoms with Crippen LogP contribution in [0.4, 0.5) is 0 Å². The molecule has 0 aliphatic heterocycles. The van der Waals surface area contributed by atoms with Crippen molar-refractivity contribution in [2.24, 2.45) is 0 Å². The van der Waals surface area contributed by atoms with Gasteiger partial charge in [-0.05, 0) is 83.2 Å². The third-order valence-electron chi connectivity index (χ3n) is 6.94. The Kier molecular flexibility index (Phi) is 7.51. The quantitative estimate of drug-likeness (QED) is 0.270. The van der Waals surface area contributed by atoms with E-state index in [9.17, 15) is 21.4 Å². The molecular formula is C28H33O6S2-. The molecule has 0 heterocycles. The van der Waals surface area contributed by atoms with Gasteiger partial charge in [-0.25, -0.2) is 8.42 Å². The Morgan fingerprint density at radius 1 is 0.806 bits per heavy atom. The van der Waals surface area contributed by atoms with Crippen molar-refractivity contribution in [2.75, 3.05) is 0 Å². The minimum absolute atomic E-state index is 0.0749. The highest BCUT2D eigenvalue weighted by molar-refractivity contribution is 7.87. The Hall–Kier alpha value is -2.42. The number of rotatable bonds is 6. The molecule has 194 valence electrons. The average Bonchev–Trinajstić information content (AvgIpc) is 2.77. The standard InChI is InChI=1S/C28H34O6S2/c1-18(2)24-17-20-11-9-10-12-21(20)27(19(3)4)28(24)36(32,33)34-25-15-16-26(35(29,30)31)23-14-8-6-5-7-13-22(23)25/h9-12,15-19H,5-8,13-14H2,1-4H3,(H,29,30,31)/p-1. The van der Waals surface area contributed by atoms with Gasteiger partial charge in [0.2, 0.25) is 0 Å². The van der Waals surface area contributed by atoms with Gasteiger partial charge in [0.25, 0.3) is 0 Å². The summed E-state index contributed by atoms with van der Waals surface area (Å²) < 4.78 is 69.8. The minimum atomic E-state index is -4.70. The van der Waals surface area contributed by atoms with Crippen molar-refractivity contribution in [1.29, 1.82) is 0 Å². The third kappa shape index (κ3) is 5.17. The predicted molar refractivity (Wildman–Crippen MR) is 140 cm³/mol. The first kappa shape index (κ1) is 26.6. The van der Waals surface area contributed by atoms with Crippen LogP contribution in [0.3, 0.4) is 0 Å². The molecule has 0 aromatic heterocycles. The number of fused-ring (bicyclic) bond motifs is 2. The SMILES string of the molecule is CC(C)c1cc2ccccc2c(C(C)C)c1S(=O)(=O)Oc1ccc(S(=O)(=O)[O-])c2c1CCCCCC2. The van der Waals surface area contributed by atoms with E-state index in [-0.39, 0.29) is 27.4 Å². The summed E-state index contributed by atoms with van der Waals surface area (Å²) in [4.78, 5) is -0.105. The maximum absolute atomic E-state index is 14.0. The molecule has 3 aromatic carbocycles. The topological polar surface area (TPSA) is 101 Å². The molecule has 3 aromatic rings. The van der Waals surface area contributed by atoms with Gasteiger partial charge in [-0.1, -0.05) is 64.8 Å². The largest absolute Gasteiger partial charge is 0.744 e. The Morgan fingerprint density at radius 3 is 2.06 bits per heavy atom. The summed E-state index contributed by atoms with van der Waals surface area (Å²) in [6.45, 7) is 7.84. The summed E-state index contributed by atoms with van der Waals surface area (Å²) in [6, 6.07) is 12.2. The molecule has 4 rings (SSSR count). The molecule has 0 amide bonds. The second-order valence-corrected chi connectivity index (χ2v) is 13.0. The van der Waals surface area contributed by atoms with Crippen molar-refractivity contribution in [3.05, 3.63) is 64.7 Å². The van der Waals surface area contributed by atoms with Gasteiger partial charge in [0.1, 0.15) is 20.8 Å². The molecule has 36 heavy (non-hydrogen) atoms. The highest BCUT2D eigenvalue weighted by Gasteiger charge is 2.31. The van der Waals surface area contributed by atoms with Crippen LogP contribution in [0.25, 0.3) is 10.8 Å². The normalized spacial score (nSPS) is 15.1. The molecule has 0 fully saturated rings. The van der Waals surface area contributed by atoms with Crippen LogP contribution in [-0.4, -0.2) is 21.4 Å². The van der Waals surface area contributed by atoms with Gasteiger partial charge in [-0.15, -0.1) is 0 Å². The molecule has 6 nitrogen and oxygen atoms in total. The van der Waals surface area contributed by atoms with Gasteiger partial charge < -0.3 is 8.74 Å². The average molecular weight is 530 g/mol. The lowest BCUT2D eigenvalue weighted by Gasteiger charge is -2.24. The number of hydrogen-bond donors (Lipinski definition) is 0. The van der Waals surface area contributed by atoms with Crippen LogP contribution in [0.1, 0.15) is 87.5 Å². The zero-order valence-corrected chi connectivity index (χ0v) is 22.8. The van der Waals surface area contributed by atoms with Gasteiger partial charge in [-0.2, -0.15) is 8.42 Å². The maximum Gasteiger partial charge on any atom is 0.339 e. The minimum Gasteiger partial charge on any atom is -0.744 e. The Labute approximate surface area is 214 Å². The van der Waals surface area contributed by atoms with Crippen molar-refractivity contribution < 1.29 is 25.6 Å². The lowest BCUT2D eigenvalue weighted by molar-refractivity contribution is 0.459. The summed E-state index contributed by atoms with van der Waals surface area (Å²) in [5.41, 5.74) is 2.29. The van der Waals surface area contributed by atoms with Crippen molar-refractivity contribution in [3.63, 3.8) is 0 Å². The van der Waals surface area contributed by atoms with E-state index in [0.29, 0.717) is 35.1 Å². The van der Waals surface area contributed by atoms with Crippen molar-refractivity contribution in [3.8, 4) is 5.75 Å². The smallest absolute Gasteiger partial charge is 0.339 e. The fourth-order valence-electron chi connectivity index (χ4n) is 5.29. The molecule has 0 atom stereocenters. The zero-order valence-electron chi connectivity index (χ0n) is 21.2. The van der Waals surface area contributed by atoms with E-state index < -0.39 is 20.2 Å². The Bertz CT molecular complexity index is 1500. The van der Waals surface area contributed by atoms with E-state index in [0.717, 1.165) is 36.5 Å². The van der Waals surface area contributed by atoms with Crippen LogP contribution in [0.5, 0.6) is 5.75 Å². The van der Waals surface area contributed by atoms with Gasteiger partial charge in [0, 0.05) is 5.56 Å². The summed E-state index contributed by atoms with van der Waals surface area (Å²) in [6.07, 6.45) is 4.21. The molecule has 1 aliphatic rings. The van der Waals surface area contributed by atoms with Crippen LogP contribution < -0.4 is 4.18 Å². The molecular weight excluding hydrogens is 496 g/mol. The fourth-order valence-corrected chi connectivity index (χ4v) is 7.72. The summed E-state index contributed by atoms with van der Waals surface area (Å²) in [5, 5.41) is 1.83. The van der Waals surface area contributed by atoms with Gasteiger partial charge in [0.15, 0.2) is 0 Å². The van der Waals surface area contributed by atoms with Gasteiger partial charge >= 0.3 is 10.1 Å². The van der Waals surface area contributed by atoms with E-state index in [4.69, 9.17) is 4.18 Å². The summed E-state index contributed by atoms with van der Waals surface area (Å²) in [7, 11) is -8.99. The van der Waals surface area contributed by atoms with Crippen LogP contribution in [0.15, 0.2) is 52.3 Å². The van der Waals surface area contributed by atoms with E-state index in [1.165, 1.54) is 12.1 Å². The molecule has 0 saturated carbocycles. The van der Waals surface area contributed by atoms with Crippen LogP contribution in [-0.2, 0) is 33.1 Å². The summed E-state index contributed by atoms with van der Waals surface area (Å²) >= 11 is 0. The van der Waals surface area contributed by atoms with Crippen LogP contribution >= 0.6 is 0 Å². The highest BCUT2D eigenvalue weighted by Crippen LogP contribution is 2.40. The van der Waals surface area contributed by atoms with Gasteiger partial charge in [-0.3, -0.25) is 0 Å². The number of hydrogen-bond acceptors (Lipinski definition) is 6. The zero-order chi connectivity index (χ0) is 26.3. The predicted octanol–water partition coefficient (Wildman–Crippen LogP) is 6.42. The molecule has 0 saturated heterocycles. The maximum atomic E-state index is 14.0. The first-order valence-corrected chi connectivity index (χ1v) is 15.3. The fraction of sp³-hybridized carbons (Fsp3) is 0.429. The van der Waals surface area contributed by atoms with Crippen molar-refractivity contribution in [2.45, 2.75) is 87.8 Å². The second kappa shape index (κ2) is 10.1. The highest BCUT2D eigenvalue weighted by atomic mass is 32.2. The monoisotopic (exact) mass is 529 g/mol. The summed E-state index contributed by atoms with van der Waals surface area (Å²) in [5.74, 6) is -0.0541. The van der Waals surface area contributed by atoms with E-state index in [1.54, 1.807) is 0 Å². The molecule has 0 N–H and O–H groups in total. The van der Waals surface area contributed by atoms with Crippen LogP contribution in [0, 0.1) is 0 Å². The lowest BCUT2D eigenvalue weighted by atomic mass is 9.90. The molecule has 8 heteroatoms. The van der Waals surface area contributed by atoms with E-state index in [2.05, 4.69) is 0 Å². The Balaban J connectivity index is 1.95. The molecule has 0 bridgehead atoms.